The lowest BCUT2D eigenvalue weighted by molar-refractivity contribution is -0.118. The first kappa shape index (κ1) is 14.0. The van der Waals surface area contributed by atoms with E-state index in [9.17, 15) is 4.79 Å². The number of primary amides is 1. The summed E-state index contributed by atoms with van der Waals surface area (Å²) in [6.07, 6.45) is 7.59. The predicted octanol–water partition coefficient (Wildman–Crippen LogP) is 2.56. The molecule has 2 aliphatic carbocycles. The number of nitrogens with one attached hydrogen (secondary N) is 1. The Morgan fingerprint density at radius 1 is 1.29 bits per heavy atom. The molecule has 0 saturated heterocycles. The topological polar surface area (TPSA) is 64.4 Å². The van der Waals surface area contributed by atoms with Crippen LogP contribution in [0, 0.1) is 17.8 Å². The number of ether oxygens (including phenoxy) is 1. The maximum absolute atomic E-state index is 10.8. The van der Waals surface area contributed by atoms with Gasteiger partial charge in [-0.05, 0) is 42.7 Å². The number of anilines is 1. The van der Waals surface area contributed by atoms with Crippen LogP contribution >= 0.6 is 0 Å². The lowest BCUT2D eigenvalue weighted by Gasteiger charge is -2.20. The molecule has 4 nitrogen and oxygen atoms in total. The second-order valence-corrected chi connectivity index (χ2v) is 5.98. The predicted molar refractivity (Wildman–Crippen MR) is 83.1 cm³/mol. The molecule has 4 heteroatoms. The number of rotatable bonds is 7. The highest BCUT2D eigenvalue weighted by atomic mass is 16.5. The lowest BCUT2D eigenvalue weighted by atomic mass is 9.93. The summed E-state index contributed by atoms with van der Waals surface area (Å²) in [7, 11) is 0. The largest absolute Gasteiger partial charge is 0.491 e. The molecule has 1 amide bonds. The Hall–Kier alpha value is -1.97. The number of benzene rings is 1. The number of hydrogen-bond donors (Lipinski definition) is 2. The molecule has 112 valence electrons. The third kappa shape index (κ3) is 3.38. The normalized spacial score (nSPS) is 26.0. The number of carbonyl (C=O) groups excluding carboxylic acids is 1. The first-order chi connectivity index (χ1) is 10.2. The van der Waals surface area contributed by atoms with Gasteiger partial charge < -0.3 is 15.8 Å². The van der Waals surface area contributed by atoms with E-state index in [4.69, 9.17) is 10.5 Å². The number of amides is 1. The third-order valence-electron chi connectivity index (χ3n) is 4.46. The van der Waals surface area contributed by atoms with E-state index < -0.39 is 0 Å². The van der Waals surface area contributed by atoms with Crippen LogP contribution in [0.15, 0.2) is 36.4 Å². The van der Waals surface area contributed by atoms with Crippen LogP contribution in [0.2, 0.25) is 0 Å². The van der Waals surface area contributed by atoms with Crippen molar-refractivity contribution in [2.45, 2.75) is 19.3 Å². The number of fused-ring (bicyclic) bond motifs is 2. The van der Waals surface area contributed by atoms with E-state index >= 15 is 0 Å². The van der Waals surface area contributed by atoms with Crippen LogP contribution in [0.4, 0.5) is 5.69 Å². The summed E-state index contributed by atoms with van der Waals surface area (Å²) in [5.41, 5.74) is 6.12. The molecule has 21 heavy (non-hydrogen) atoms. The first-order valence-electron chi connectivity index (χ1n) is 7.64. The fraction of sp³-hybridized carbons (Fsp3) is 0.471. The van der Waals surface area contributed by atoms with E-state index in [1.54, 1.807) is 0 Å². The average molecular weight is 286 g/mol. The van der Waals surface area contributed by atoms with Crippen LogP contribution in [0.25, 0.3) is 0 Å². The Morgan fingerprint density at radius 3 is 2.86 bits per heavy atom. The van der Waals surface area contributed by atoms with Crippen molar-refractivity contribution >= 4 is 11.6 Å². The minimum atomic E-state index is -0.339. The first-order valence-corrected chi connectivity index (χ1v) is 7.64. The highest BCUT2D eigenvalue weighted by Crippen LogP contribution is 2.43. The molecule has 3 N–H and O–H groups in total. The molecule has 2 bridgehead atoms. The van der Waals surface area contributed by atoms with Gasteiger partial charge in [0, 0.05) is 6.54 Å². The van der Waals surface area contributed by atoms with Gasteiger partial charge in [0.15, 0.2) is 0 Å². The Labute approximate surface area is 125 Å². The van der Waals surface area contributed by atoms with Crippen molar-refractivity contribution in [1.82, 2.24) is 0 Å². The SMILES string of the molecule is NC(=O)CCOc1ccccc1NCC1CC2C=CC1C2. The van der Waals surface area contributed by atoms with Crippen LogP contribution in [-0.2, 0) is 4.79 Å². The molecule has 2 aliphatic rings. The van der Waals surface area contributed by atoms with Gasteiger partial charge in [0.05, 0.1) is 18.7 Å². The van der Waals surface area contributed by atoms with Gasteiger partial charge >= 0.3 is 0 Å². The monoisotopic (exact) mass is 286 g/mol. The third-order valence-corrected chi connectivity index (χ3v) is 4.46. The van der Waals surface area contributed by atoms with Gasteiger partial charge in [0.1, 0.15) is 5.75 Å². The zero-order valence-electron chi connectivity index (χ0n) is 12.1. The van der Waals surface area contributed by atoms with Crippen LogP contribution in [0.3, 0.4) is 0 Å². The van der Waals surface area contributed by atoms with Gasteiger partial charge in [-0.3, -0.25) is 4.79 Å². The molecule has 0 spiro atoms. The van der Waals surface area contributed by atoms with E-state index in [1.807, 2.05) is 24.3 Å². The number of para-hydroxylation sites is 2. The molecular formula is C17H22N2O2. The molecule has 1 aromatic carbocycles. The molecule has 0 aromatic heterocycles. The van der Waals surface area contributed by atoms with Gasteiger partial charge in [-0.2, -0.15) is 0 Å². The molecule has 0 aliphatic heterocycles. The zero-order chi connectivity index (χ0) is 14.7. The highest BCUT2D eigenvalue weighted by Gasteiger charge is 2.35. The summed E-state index contributed by atoms with van der Waals surface area (Å²) in [5, 5.41) is 3.50. The van der Waals surface area contributed by atoms with E-state index in [-0.39, 0.29) is 12.3 Å². The fourth-order valence-electron chi connectivity index (χ4n) is 3.37. The quantitative estimate of drug-likeness (QED) is 0.757. The molecule has 1 saturated carbocycles. The average Bonchev–Trinajstić information content (AvgIpc) is 3.08. The number of nitrogens with two attached hydrogens (primary N) is 1. The van der Waals surface area contributed by atoms with Gasteiger partial charge in [-0.25, -0.2) is 0 Å². The van der Waals surface area contributed by atoms with Crippen molar-refractivity contribution in [2.75, 3.05) is 18.5 Å². The molecule has 3 atom stereocenters. The maximum atomic E-state index is 10.8. The van der Waals surface area contributed by atoms with Crippen LogP contribution in [-0.4, -0.2) is 19.1 Å². The van der Waals surface area contributed by atoms with Gasteiger partial charge in [0.25, 0.3) is 0 Å². The minimum absolute atomic E-state index is 0.242. The van der Waals surface area contributed by atoms with Gasteiger partial charge in [-0.1, -0.05) is 24.3 Å². The molecule has 1 fully saturated rings. The maximum Gasteiger partial charge on any atom is 0.220 e. The van der Waals surface area contributed by atoms with Crippen molar-refractivity contribution in [3.63, 3.8) is 0 Å². The summed E-state index contributed by atoms with van der Waals surface area (Å²) < 4.78 is 5.65. The Morgan fingerprint density at radius 2 is 2.14 bits per heavy atom. The highest BCUT2D eigenvalue weighted by molar-refractivity contribution is 5.73. The van der Waals surface area contributed by atoms with Gasteiger partial charge in [0.2, 0.25) is 5.91 Å². The number of carbonyl (C=O) groups is 1. The van der Waals surface area contributed by atoms with Crippen molar-refractivity contribution in [3.8, 4) is 5.75 Å². The summed E-state index contributed by atoms with van der Waals surface area (Å²) in [6.45, 7) is 1.30. The van der Waals surface area contributed by atoms with Gasteiger partial charge in [-0.15, -0.1) is 0 Å². The standard InChI is InChI=1S/C17H22N2O2/c18-17(20)7-8-21-16-4-2-1-3-15(16)19-11-14-10-12-5-6-13(14)9-12/h1-6,12-14,19H,7-11H2,(H2,18,20). The molecule has 0 heterocycles. The van der Waals surface area contributed by atoms with E-state index in [1.165, 1.54) is 12.8 Å². The van der Waals surface area contributed by atoms with Crippen molar-refractivity contribution in [1.29, 1.82) is 0 Å². The molecule has 0 radical (unpaired) electrons. The second-order valence-electron chi connectivity index (χ2n) is 5.98. The lowest BCUT2D eigenvalue weighted by Crippen LogP contribution is -2.19. The molecule has 3 unspecified atom stereocenters. The number of allylic oxidation sites excluding steroid dienone is 2. The fourth-order valence-corrected chi connectivity index (χ4v) is 3.37. The zero-order valence-corrected chi connectivity index (χ0v) is 12.1. The summed E-state index contributed by atoms with van der Waals surface area (Å²) in [5.74, 6) is 2.71. The Bertz CT molecular complexity index is 541. The Kier molecular flexibility index (Phi) is 4.13. The minimum Gasteiger partial charge on any atom is -0.491 e. The van der Waals surface area contributed by atoms with Crippen molar-refractivity contribution < 1.29 is 9.53 Å². The second kappa shape index (κ2) is 6.20. The van der Waals surface area contributed by atoms with E-state index in [2.05, 4.69) is 17.5 Å². The summed E-state index contributed by atoms with van der Waals surface area (Å²) in [6, 6.07) is 7.86. The van der Waals surface area contributed by atoms with Crippen LogP contribution in [0.5, 0.6) is 5.75 Å². The van der Waals surface area contributed by atoms with E-state index in [0.29, 0.717) is 6.61 Å². The van der Waals surface area contributed by atoms with Crippen LogP contribution < -0.4 is 15.8 Å². The van der Waals surface area contributed by atoms with E-state index in [0.717, 1.165) is 35.7 Å². The Balaban J connectivity index is 1.55. The van der Waals surface area contributed by atoms with Crippen molar-refractivity contribution in [3.05, 3.63) is 36.4 Å². The summed E-state index contributed by atoms with van der Waals surface area (Å²) in [4.78, 5) is 10.8. The number of hydrogen-bond acceptors (Lipinski definition) is 3. The smallest absolute Gasteiger partial charge is 0.220 e. The van der Waals surface area contributed by atoms with Crippen LogP contribution in [0.1, 0.15) is 19.3 Å². The molecule has 3 rings (SSSR count). The summed E-state index contributed by atoms with van der Waals surface area (Å²) >= 11 is 0. The molecule has 1 aromatic rings. The van der Waals surface area contributed by atoms with Crippen molar-refractivity contribution in [2.24, 2.45) is 23.5 Å². The molecular weight excluding hydrogens is 264 g/mol.